The highest BCUT2D eigenvalue weighted by Crippen LogP contribution is 2.39. The van der Waals surface area contributed by atoms with Gasteiger partial charge in [-0.3, -0.25) is 9.78 Å². The van der Waals surface area contributed by atoms with Gasteiger partial charge in [-0.1, -0.05) is 59.9 Å². The average Bonchev–Trinajstić information content (AvgIpc) is 2.92. The van der Waals surface area contributed by atoms with Crippen LogP contribution >= 0.6 is 11.9 Å². The van der Waals surface area contributed by atoms with Crippen molar-refractivity contribution in [2.24, 2.45) is 0 Å². The van der Waals surface area contributed by atoms with Crippen LogP contribution in [0.15, 0.2) is 54.7 Å². The molecule has 176 valence electrons. The largest absolute Gasteiger partial charge is 0.370 e. The number of rotatable bonds is 4. The zero-order valence-electron chi connectivity index (χ0n) is 20.0. The van der Waals surface area contributed by atoms with Crippen molar-refractivity contribution in [1.29, 1.82) is 5.26 Å². The van der Waals surface area contributed by atoms with Crippen LogP contribution in [0.2, 0.25) is 0 Å². The lowest BCUT2D eigenvalue weighted by Gasteiger charge is -2.40. The summed E-state index contributed by atoms with van der Waals surface area (Å²) in [6, 6.07) is 18.3. The highest BCUT2D eigenvalue weighted by atomic mass is 32.2. The topological polar surface area (TPSA) is 63.5 Å². The molecule has 2 saturated heterocycles. The number of hydrogen-bond acceptors (Lipinski definition) is 6. The Morgan fingerprint density at radius 1 is 1.03 bits per heavy atom. The summed E-state index contributed by atoms with van der Waals surface area (Å²) in [5.74, 6) is 0.0367. The molecule has 0 saturated carbocycles. The Kier molecular flexibility index (Phi) is 6.72. The van der Waals surface area contributed by atoms with Crippen molar-refractivity contribution in [3.8, 4) is 6.07 Å². The van der Waals surface area contributed by atoms with Gasteiger partial charge in [-0.25, -0.2) is 4.31 Å². The summed E-state index contributed by atoms with van der Waals surface area (Å²) in [5, 5.41) is 11.2. The Balaban J connectivity index is 1.46. The fraction of sp³-hybridized carbons (Fsp3) is 0.370. The van der Waals surface area contributed by atoms with Crippen LogP contribution < -0.4 is 10.4 Å². The van der Waals surface area contributed by atoms with Crippen LogP contribution in [0.5, 0.6) is 0 Å². The Bertz CT molecular complexity index is 1260. The smallest absolute Gasteiger partial charge is 0.257 e. The van der Waals surface area contributed by atoms with Gasteiger partial charge < -0.3 is 9.80 Å². The molecule has 3 aromatic rings. The molecule has 35 heavy (non-hydrogen) atoms. The minimum atomic E-state index is -0.550. The van der Waals surface area contributed by atoms with Crippen molar-refractivity contribution in [2.75, 3.05) is 50.4 Å². The van der Waals surface area contributed by atoms with E-state index in [1.165, 1.54) is 0 Å². The third-order valence-electron chi connectivity index (χ3n) is 7.37. The summed E-state index contributed by atoms with van der Waals surface area (Å²) in [6.45, 7) is 4.51. The highest BCUT2D eigenvalue weighted by Gasteiger charge is 2.38. The molecule has 2 radical (unpaired) electrons. The van der Waals surface area contributed by atoms with Crippen molar-refractivity contribution in [3.63, 3.8) is 0 Å². The number of fused-ring (bicyclic) bond motifs is 1. The zero-order valence-corrected chi connectivity index (χ0v) is 20.8. The fourth-order valence-corrected chi connectivity index (χ4v) is 5.78. The van der Waals surface area contributed by atoms with E-state index in [0.717, 1.165) is 35.2 Å². The summed E-state index contributed by atoms with van der Waals surface area (Å²) >= 11 is 1.73. The molecule has 8 heteroatoms. The Morgan fingerprint density at radius 2 is 1.71 bits per heavy atom. The predicted octanol–water partition coefficient (Wildman–Crippen LogP) is 3.13. The SMILES string of the molecule is [B]c1ccc(C2(C#N)CCN(c3c(C(=O)N4CCN(SC)CC4)cnc4ccccc34)CC2)cc1. The number of nitrogens with zero attached hydrogens (tertiary/aromatic N) is 5. The minimum absolute atomic E-state index is 0.0367. The minimum Gasteiger partial charge on any atom is -0.370 e. The number of benzene rings is 2. The monoisotopic (exact) mass is 481 g/mol. The molecular formula is C27H28BN5OS. The number of anilines is 1. The second-order valence-electron chi connectivity index (χ2n) is 9.24. The molecule has 0 N–H and O–H groups in total. The summed E-state index contributed by atoms with van der Waals surface area (Å²) in [4.78, 5) is 22.6. The second kappa shape index (κ2) is 9.92. The third kappa shape index (κ3) is 4.51. The number of piperidine rings is 1. The number of piperazine rings is 1. The molecule has 0 unspecified atom stereocenters. The van der Waals surface area contributed by atoms with E-state index in [2.05, 4.69) is 26.5 Å². The van der Waals surface area contributed by atoms with E-state index >= 15 is 0 Å². The Hall–Kier alpha value is -3.02. The van der Waals surface area contributed by atoms with E-state index in [1.54, 1.807) is 18.1 Å². The maximum Gasteiger partial charge on any atom is 0.257 e. The summed E-state index contributed by atoms with van der Waals surface area (Å²) in [6.07, 6.45) is 5.19. The maximum absolute atomic E-state index is 13.7. The van der Waals surface area contributed by atoms with E-state index in [4.69, 9.17) is 7.85 Å². The lowest BCUT2D eigenvalue weighted by Crippen LogP contribution is -2.47. The quantitative estimate of drug-likeness (QED) is 0.422. The number of para-hydroxylation sites is 1. The van der Waals surface area contributed by atoms with Gasteiger partial charge in [-0.2, -0.15) is 5.26 Å². The van der Waals surface area contributed by atoms with Crippen molar-refractivity contribution in [2.45, 2.75) is 18.3 Å². The number of pyridine rings is 1. The molecule has 2 aliphatic heterocycles. The van der Waals surface area contributed by atoms with E-state index in [-0.39, 0.29) is 5.91 Å². The summed E-state index contributed by atoms with van der Waals surface area (Å²) in [5.41, 5.74) is 3.63. The maximum atomic E-state index is 13.7. The van der Waals surface area contributed by atoms with Crippen molar-refractivity contribution in [3.05, 3.63) is 65.9 Å². The third-order valence-corrected chi connectivity index (χ3v) is 8.25. The van der Waals surface area contributed by atoms with Crippen LogP contribution in [0.4, 0.5) is 5.69 Å². The van der Waals surface area contributed by atoms with Crippen molar-refractivity contribution < 1.29 is 4.79 Å². The molecule has 0 bridgehead atoms. The first-order valence-electron chi connectivity index (χ1n) is 12.0. The molecule has 0 spiro atoms. The van der Waals surface area contributed by atoms with Gasteiger partial charge in [0, 0.05) is 50.9 Å². The molecule has 2 fully saturated rings. The number of carbonyl (C=O) groups excluding carboxylic acids is 1. The van der Waals surface area contributed by atoms with Gasteiger partial charge in [0.1, 0.15) is 7.85 Å². The van der Waals surface area contributed by atoms with Gasteiger partial charge in [-0.15, -0.1) is 0 Å². The van der Waals surface area contributed by atoms with Crippen LogP contribution in [0.1, 0.15) is 28.8 Å². The van der Waals surface area contributed by atoms with Crippen LogP contribution in [0.25, 0.3) is 10.9 Å². The molecule has 0 aliphatic carbocycles. The van der Waals surface area contributed by atoms with E-state index in [1.807, 2.05) is 53.4 Å². The molecule has 1 amide bonds. The lowest BCUT2D eigenvalue weighted by molar-refractivity contribution is 0.0704. The molecule has 0 atom stereocenters. The van der Waals surface area contributed by atoms with Gasteiger partial charge in [0.15, 0.2) is 0 Å². The van der Waals surface area contributed by atoms with Crippen LogP contribution in [-0.4, -0.2) is 73.5 Å². The molecule has 1 aromatic heterocycles. The number of nitriles is 1. The summed E-state index contributed by atoms with van der Waals surface area (Å²) in [7, 11) is 5.88. The standard InChI is InChI=1S/C27H28BN5OS/c1-35-33-16-14-32(15-17-33)26(34)23-18-30-24-5-3-2-4-22(24)25(23)31-12-10-27(19-29,11-13-31)20-6-8-21(28)9-7-20/h2-9,18H,10-17H2,1H3. The molecule has 5 rings (SSSR count). The predicted molar refractivity (Wildman–Crippen MR) is 143 cm³/mol. The number of amides is 1. The Labute approximate surface area is 212 Å². The molecular weight excluding hydrogens is 453 g/mol. The highest BCUT2D eigenvalue weighted by molar-refractivity contribution is 7.96. The van der Waals surface area contributed by atoms with E-state index in [9.17, 15) is 10.1 Å². The normalized spacial score (nSPS) is 18.4. The first kappa shape index (κ1) is 23.7. The van der Waals surface area contributed by atoms with Crippen LogP contribution in [0.3, 0.4) is 0 Å². The van der Waals surface area contributed by atoms with Gasteiger partial charge in [-0.05, 0) is 30.7 Å². The number of carbonyl (C=O) groups is 1. The van der Waals surface area contributed by atoms with Crippen molar-refractivity contribution >= 4 is 47.8 Å². The second-order valence-corrected chi connectivity index (χ2v) is 10.1. The molecule has 2 aromatic carbocycles. The lowest BCUT2D eigenvalue weighted by atomic mass is 9.73. The fourth-order valence-electron chi connectivity index (χ4n) is 5.25. The molecule has 3 heterocycles. The van der Waals surface area contributed by atoms with Gasteiger partial charge in [0.25, 0.3) is 5.91 Å². The van der Waals surface area contributed by atoms with E-state index < -0.39 is 5.41 Å². The van der Waals surface area contributed by atoms with Crippen molar-refractivity contribution in [1.82, 2.24) is 14.2 Å². The molecule has 2 aliphatic rings. The van der Waals surface area contributed by atoms with E-state index in [0.29, 0.717) is 50.0 Å². The first-order valence-corrected chi connectivity index (χ1v) is 13.2. The Morgan fingerprint density at radius 3 is 2.37 bits per heavy atom. The van der Waals surface area contributed by atoms with Crippen LogP contribution in [0, 0.1) is 11.3 Å². The first-order chi connectivity index (χ1) is 17.0. The number of hydrogen-bond donors (Lipinski definition) is 0. The van der Waals surface area contributed by atoms with Gasteiger partial charge >= 0.3 is 0 Å². The van der Waals surface area contributed by atoms with Gasteiger partial charge in [0.2, 0.25) is 0 Å². The molecule has 6 nitrogen and oxygen atoms in total. The van der Waals surface area contributed by atoms with Crippen LogP contribution in [-0.2, 0) is 5.41 Å². The zero-order chi connectivity index (χ0) is 24.4. The summed E-state index contributed by atoms with van der Waals surface area (Å²) < 4.78 is 2.28. The average molecular weight is 481 g/mol. The number of aromatic nitrogens is 1. The van der Waals surface area contributed by atoms with Gasteiger partial charge in [0.05, 0.1) is 28.3 Å².